The Morgan fingerprint density at radius 2 is 1.89 bits per heavy atom. The number of benzene rings is 1. The quantitative estimate of drug-likeness (QED) is 0.834. The predicted octanol–water partition coefficient (Wildman–Crippen LogP) is 2.58. The van der Waals surface area contributed by atoms with Crippen molar-refractivity contribution in [3.8, 4) is 0 Å². The van der Waals surface area contributed by atoms with E-state index in [1.54, 1.807) is 0 Å². The summed E-state index contributed by atoms with van der Waals surface area (Å²) in [5.74, 6) is 0.897. The maximum absolute atomic E-state index is 11.0. The molecule has 18 heavy (non-hydrogen) atoms. The molecule has 0 aliphatic heterocycles. The van der Waals surface area contributed by atoms with Gasteiger partial charge in [0.1, 0.15) is 11.3 Å². The highest BCUT2D eigenvalue weighted by molar-refractivity contribution is 5.83. The highest BCUT2D eigenvalue weighted by atomic mass is 16.3. The number of para-hydroxylation sites is 1. The molecule has 1 aromatic heterocycles. The van der Waals surface area contributed by atoms with Crippen LogP contribution >= 0.6 is 0 Å². The van der Waals surface area contributed by atoms with E-state index in [9.17, 15) is 5.11 Å². The van der Waals surface area contributed by atoms with Gasteiger partial charge in [-0.1, -0.05) is 31.0 Å². The molecule has 2 aromatic rings. The molecule has 2 saturated carbocycles. The first-order valence-corrected chi connectivity index (χ1v) is 6.87. The van der Waals surface area contributed by atoms with E-state index in [2.05, 4.69) is 17.2 Å². The molecule has 1 aromatic carbocycles. The smallest absolute Gasteiger partial charge is 0.115 e. The van der Waals surface area contributed by atoms with Gasteiger partial charge in [-0.15, -0.1) is 0 Å². The minimum atomic E-state index is -0.642. The summed E-state index contributed by atoms with van der Waals surface area (Å²) < 4.78 is 1.90. The third kappa shape index (κ3) is 1.15. The highest BCUT2D eigenvalue weighted by Crippen LogP contribution is 2.64. The largest absolute Gasteiger partial charge is 0.383 e. The zero-order valence-electron chi connectivity index (χ0n) is 10.6. The Balaban J connectivity index is 1.88. The van der Waals surface area contributed by atoms with Crippen molar-refractivity contribution >= 4 is 10.9 Å². The second kappa shape index (κ2) is 3.35. The van der Waals surface area contributed by atoms with Gasteiger partial charge in [0.2, 0.25) is 0 Å². The lowest BCUT2D eigenvalue weighted by molar-refractivity contribution is 0.114. The average Bonchev–Trinajstić information content (AvgIpc) is 2.87. The van der Waals surface area contributed by atoms with Gasteiger partial charge in [-0.3, -0.25) is 4.68 Å². The first-order valence-electron chi connectivity index (χ1n) is 6.87. The lowest BCUT2D eigenvalue weighted by Crippen LogP contribution is -2.12. The fourth-order valence-corrected chi connectivity index (χ4v) is 3.95. The molecule has 2 aliphatic carbocycles. The van der Waals surface area contributed by atoms with Gasteiger partial charge in [0.25, 0.3) is 0 Å². The summed E-state index contributed by atoms with van der Waals surface area (Å²) in [7, 11) is 1.96. The molecule has 0 spiro atoms. The number of hydrogen-bond acceptors (Lipinski definition) is 2. The Bertz CT molecular complexity index is 604. The van der Waals surface area contributed by atoms with Crippen LogP contribution < -0.4 is 0 Å². The van der Waals surface area contributed by atoms with E-state index in [1.807, 2.05) is 23.9 Å². The van der Waals surface area contributed by atoms with Crippen LogP contribution in [0.25, 0.3) is 10.9 Å². The van der Waals surface area contributed by atoms with Gasteiger partial charge in [0.15, 0.2) is 0 Å². The lowest BCUT2D eigenvalue weighted by Gasteiger charge is -2.07. The van der Waals surface area contributed by atoms with Crippen molar-refractivity contribution in [2.24, 2.45) is 18.9 Å². The van der Waals surface area contributed by atoms with Crippen molar-refractivity contribution in [1.29, 1.82) is 0 Å². The van der Waals surface area contributed by atoms with Crippen LogP contribution in [0.2, 0.25) is 0 Å². The van der Waals surface area contributed by atoms with Gasteiger partial charge in [-0.2, -0.15) is 5.10 Å². The molecule has 0 bridgehead atoms. The minimum Gasteiger partial charge on any atom is -0.383 e. The molecule has 2 fully saturated rings. The zero-order valence-corrected chi connectivity index (χ0v) is 10.6. The number of aliphatic hydroxyl groups is 1. The van der Waals surface area contributed by atoms with E-state index in [0.29, 0.717) is 11.8 Å². The summed E-state index contributed by atoms with van der Waals surface area (Å²) in [4.78, 5) is 0. The summed E-state index contributed by atoms with van der Waals surface area (Å²) in [5, 5.41) is 16.7. The fourth-order valence-electron chi connectivity index (χ4n) is 3.95. The van der Waals surface area contributed by atoms with Gasteiger partial charge < -0.3 is 5.11 Å². The molecule has 0 amide bonds. The van der Waals surface area contributed by atoms with Gasteiger partial charge in [0.05, 0.1) is 5.52 Å². The Kier molecular flexibility index (Phi) is 1.97. The number of rotatable bonds is 1. The molecule has 94 valence electrons. The maximum Gasteiger partial charge on any atom is 0.115 e. The van der Waals surface area contributed by atoms with Crippen LogP contribution in [0.3, 0.4) is 0 Å². The summed E-state index contributed by atoms with van der Waals surface area (Å²) in [6.07, 6.45) is 4.83. The Hall–Kier alpha value is -1.35. The normalized spacial score (nSPS) is 34.6. The van der Waals surface area contributed by atoms with E-state index in [-0.39, 0.29) is 0 Å². The standard InChI is InChI=1S/C15H18N2O/c1-17-13-9-5-2-6-10(13)14(16-17)15(18)11-7-3-4-8-12(11)15/h2,5-6,9,11-12,18H,3-4,7-8H2,1H3. The first kappa shape index (κ1) is 10.6. The second-order valence-electron chi connectivity index (χ2n) is 5.81. The molecule has 2 atom stereocenters. The molecule has 1 heterocycles. The number of hydrogen-bond donors (Lipinski definition) is 1. The van der Waals surface area contributed by atoms with E-state index in [1.165, 1.54) is 12.8 Å². The van der Waals surface area contributed by atoms with Crippen LogP contribution in [0.5, 0.6) is 0 Å². The molecule has 3 nitrogen and oxygen atoms in total. The summed E-state index contributed by atoms with van der Waals surface area (Å²) >= 11 is 0. The highest BCUT2D eigenvalue weighted by Gasteiger charge is 2.66. The summed E-state index contributed by atoms with van der Waals surface area (Å²) in [6.45, 7) is 0. The molecule has 4 rings (SSSR count). The van der Waals surface area contributed by atoms with Crippen LogP contribution in [0.15, 0.2) is 24.3 Å². The van der Waals surface area contributed by atoms with Crippen molar-refractivity contribution in [3.63, 3.8) is 0 Å². The SMILES string of the molecule is Cn1nc(C2(O)C3CCCCC32)c2ccccc21. The molecule has 1 N–H and O–H groups in total. The molecule has 0 radical (unpaired) electrons. The van der Waals surface area contributed by atoms with Gasteiger partial charge in [0, 0.05) is 12.4 Å². The van der Waals surface area contributed by atoms with Crippen molar-refractivity contribution < 1.29 is 5.11 Å². The Morgan fingerprint density at radius 1 is 1.22 bits per heavy atom. The summed E-state index contributed by atoms with van der Waals surface area (Å²) in [5.41, 5.74) is 1.39. The third-order valence-electron chi connectivity index (χ3n) is 4.92. The molecule has 0 saturated heterocycles. The van der Waals surface area contributed by atoms with Crippen LogP contribution in [0.4, 0.5) is 0 Å². The second-order valence-corrected chi connectivity index (χ2v) is 5.81. The lowest BCUT2D eigenvalue weighted by atomic mass is 10.0. The molecule has 2 aliphatic rings. The van der Waals surface area contributed by atoms with Crippen molar-refractivity contribution in [3.05, 3.63) is 30.0 Å². The first-order chi connectivity index (χ1) is 8.73. The Morgan fingerprint density at radius 3 is 2.61 bits per heavy atom. The monoisotopic (exact) mass is 242 g/mol. The van der Waals surface area contributed by atoms with Gasteiger partial charge in [-0.25, -0.2) is 0 Å². The number of nitrogens with zero attached hydrogens (tertiary/aromatic N) is 2. The van der Waals surface area contributed by atoms with Crippen molar-refractivity contribution in [2.45, 2.75) is 31.3 Å². The van der Waals surface area contributed by atoms with E-state index < -0.39 is 5.60 Å². The molecular formula is C15H18N2O. The van der Waals surface area contributed by atoms with Crippen molar-refractivity contribution in [2.75, 3.05) is 0 Å². The van der Waals surface area contributed by atoms with Crippen LogP contribution in [0.1, 0.15) is 31.4 Å². The summed E-state index contributed by atoms with van der Waals surface area (Å²) in [6, 6.07) is 8.21. The van der Waals surface area contributed by atoms with E-state index >= 15 is 0 Å². The maximum atomic E-state index is 11.0. The molecular weight excluding hydrogens is 224 g/mol. The average molecular weight is 242 g/mol. The molecule has 2 unspecified atom stereocenters. The topological polar surface area (TPSA) is 38.0 Å². The molecule has 3 heteroatoms. The van der Waals surface area contributed by atoms with Crippen LogP contribution in [0, 0.1) is 11.8 Å². The Labute approximate surface area is 106 Å². The van der Waals surface area contributed by atoms with Crippen LogP contribution in [-0.2, 0) is 12.6 Å². The third-order valence-corrected chi connectivity index (χ3v) is 4.92. The van der Waals surface area contributed by atoms with E-state index in [0.717, 1.165) is 29.4 Å². The minimum absolute atomic E-state index is 0.449. The van der Waals surface area contributed by atoms with Gasteiger partial charge >= 0.3 is 0 Å². The number of aromatic nitrogens is 2. The zero-order chi connectivity index (χ0) is 12.3. The fraction of sp³-hybridized carbons (Fsp3) is 0.533. The van der Waals surface area contributed by atoms with Crippen molar-refractivity contribution in [1.82, 2.24) is 9.78 Å². The van der Waals surface area contributed by atoms with Gasteiger partial charge in [-0.05, 0) is 30.7 Å². The predicted molar refractivity (Wildman–Crippen MR) is 70.1 cm³/mol. The number of fused-ring (bicyclic) bond motifs is 2. The number of aryl methyl sites for hydroxylation is 1. The van der Waals surface area contributed by atoms with E-state index in [4.69, 9.17) is 0 Å². The van der Waals surface area contributed by atoms with Crippen LogP contribution in [-0.4, -0.2) is 14.9 Å².